The molecule has 0 aliphatic carbocycles. The molecule has 4 nitrogen and oxygen atoms in total. The number of rotatable bonds is 3. The van der Waals surface area contributed by atoms with Gasteiger partial charge in [-0.1, -0.05) is 12.1 Å². The Morgan fingerprint density at radius 3 is 2.86 bits per heavy atom. The number of hydrogen-bond donors (Lipinski definition) is 1. The Morgan fingerprint density at radius 1 is 1.29 bits per heavy atom. The molecule has 4 heteroatoms. The summed E-state index contributed by atoms with van der Waals surface area (Å²) in [7, 11) is 1.65. The van der Waals surface area contributed by atoms with E-state index in [1.165, 1.54) is 0 Å². The van der Waals surface area contributed by atoms with Crippen molar-refractivity contribution in [1.82, 2.24) is 0 Å². The van der Waals surface area contributed by atoms with Gasteiger partial charge in [-0.2, -0.15) is 0 Å². The number of aliphatic hydroxyl groups is 1. The van der Waals surface area contributed by atoms with Crippen LogP contribution in [0.5, 0.6) is 5.75 Å². The summed E-state index contributed by atoms with van der Waals surface area (Å²) in [5.41, 5.74) is 0.851. The summed E-state index contributed by atoms with van der Waals surface area (Å²) in [6.07, 6.45) is 3.24. The van der Waals surface area contributed by atoms with E-state index in [1.54, 1.807) is 7.11 Å². The molecule has 2 aliphatic rings. The summed E-state index contributed by atoms with van der Waals surface area (Å²) in [5, 5.41) is 10.7. The van der Waals surface area contributed by atoms with E-state index in [9.17, 15) is 5.11 Å². The Morgan fingerprint density at radius 2 is 2.10 bits per heavy atom. The third-order valence-electron chi connectivity index (χ3n) is 4.82. The molecule has 0 aromatic heterocycles. The number of benzene rings is 1. The molecular formula is C17H24O4. The van der Waals surface area contributed by atoms with Crippen LogP contribution in [-0.4, -0.2) is 37.6 Å². The molecule has 0 saturated carbocycles. The molecule has 0 radical (unpaired) electrons. The Labute approximate surface area is 126 Å². The molecule has 2 fully saturated rings. The Kier molecular flexibility index (Phi) is 4.48. The van der Waals surface area contributed by atoms with Crippen LogP contribution in [0.25, 0.3) is 0 Å². The molecule has 2 saturated heterocycles. The summed E-state index contributed by atoms with van der Waals surface area (Å²) >= 11 is 0. The quantitative estimate of drug-likeness (QED) is 0.930. The van der Waals surface area contributed by atoms with E-state index in [-0.39, 0.29) is 11.5 Å². The second kappa shape index (κ2) is 6.34. The number of hydrogen-bond acceptors (Lipinski definition) is 4. The molecule has 0 amide bonds. The minimum Gasteiger partial charge on any atom is -0.497 e. The van der Waals surface area contributed by atoms with Crippen molar-refractivity contribution in [3.8, 4) is 5.75 Å². The van der Waals surface area contributed by atoms with Crippen LogP contribution in [0.3, 0.4) is 0 Å². The molecule has 116 valence electrons. The van der Waals surface area contributed by atoms with Gasteiger partial charge < -0.3 is 19.3 Å². The van der Waals surface area contributed by atoms with Gasteiger partial charge in [0, 0.05) is 19.8 Å². The van der Waals surface area contributed by atoms with Crippen molar-refractivity contribution in [3.05, 3.63) is 29.8 Å². The lowest BCUT2D eigenvalue weighted by atomic mass is 9.77. The lowest BCUT2D eigenvalue weighted by Crippen LogP contribution is -2.45. The third kappa shape index (κ3) is 3.23. The van der Waals surface area contributed by atoms with Gasteiger partial charge in [0.1, 0.15) is 5.75 Å². The van der Waals surface area contributed by atoms with Gasteiger partial charge in [0.15, 0.2) is 0 Å². The number of aliphatic hydroxyl groups excluding tert-OH is 1. The van der Waals surface area contributed by atoms with Crippen molar-refractivity contribution < 1.29 is 19.3 Å². The lowest BCUT2D eigenvalue weighted by Gasteiger charge is -2.44. The van der Waals surface area contributed by atoms with Crippen molar-refractivity contribution in [2.45, 2.75) is 37.4 Å². The highest BCUT2D eigenvalue weighted by Crippen LogP contribution is 2.42. The third-order valence-corrected chi connectivity index (χ3v) is 4.82. The van der Waals surface area contributed by atoms with E-state index < -0.39 is 6.10 Å². The summed E-state index contributed by atoms with van der Waals surface area (Å²) < 4.78 is 16.8. The maximum Gasteiger partial charge on any atom is 0.119 e. The topological polar surface area (TPSA) is 47.9 Å². The van der Waals surface area contributed by atoms with Crippen LogP contribution in [0.1, 0.15) is 37.4 Å². The second-order valence-corrected chi connectivity index (χ2v) is 6.12. The van der Waals surface area contributed by atoms with E-state index in [0.29, 0.717) is 0 Å². The monoisotopic (exact) mass is 292 g/mol. The van der Waals surface area contributed by atoms with Gasteiger partial charge in [0.2, 0.25) is 0 Å². The van der Waals surface area contributed by atoms with Crippen LogP contribution in [-0.2, 0) is 9.47 Å². The number of ether oxygens (including phenoxy) is 3. The molecular weight excluding hydrogens is 268 g/mol. The standard InChI is InChI=1S/C17H24O4/c1-19-15-4-2-3-13(11-15)16(18)14-5-8-21-17(12-14)6-9-20-10-7-17/h2-4,11,14,16,18H,5-10,12H2,1H3. The molecule has 3 rings (SSSR count). The van der Waals surface area contributed by atoms with Crippen LogP contribution in [0.2, 0.25) is 0 Å². The zero-order valence-corrected chi connectivity index (χ0v) is 12.6. The van der Waals surface area contributed by atoms with Gasteiger partial charge >= 0.3 is 0 Å². The lowest BCUT2D eigenvalue weighted by molar-refractivity contribution is -0.159. The zero-order valence-electron chi connectivity index (χ0n) is 12.6. The molecule has 2 heterocycles. The first-order chi connectivity index (χ1) is 10.2. The second-order valence-electron chi connectivity index (χ2n) is 6.12. The van der Waals surface area contributed by atoms with Gasteiger partial charge in [-0.25, -0.2) is 0 Å². The zero-order chi connectivity index (χ0) is 14.7. The van der Waals surface area contributed by atoms with Gasteiger partial charge in [-0.15, -0.1) is 0 Å². The summed E-state index contributed by atoms with van der Waals surface area (Å²) in [5.74, 6) is 1.03. The largest absolute Gasteiger partial charge is 0.497 e. The molecule has 0 bridgehead atoms. The van der Waals surface area contributed by atoms with Crippen LogP contribution in [0.4, 0.5) is 0 Å². The Bertz CT molecular complexity index is 462. The summed E-state index contributed by atoms with van der Waals surface area (Å²) in [4.78, 5) is 0. The molecule has 2 unspecified atom stereocenters. The van der Waals surface area contributed by atoms with Gasteiger partial charge in [0.25, 0.3) is 0 Å². The van der Waals surface area contributed by atoms with Crippen LogP contribution in [0.15, 0.2) is 24.3 Å². The first-order valence-corrected chi connectivity index (χ1v) is 7.76. The van der Waals surface area contributed by atoms with Crippen LogP contribution < -0.4 is 4.74 Å². The van der Waals surface area contributed by atoms with Gasteiger partial charge in [-0.3, -0.25) is 0 Å². The first-order valence-electron chi connectivity index (χ1n) is 7.76. The van der Waals surface area contributed by atoms with Gasteiger partial charge in [-0.05, 0) is 49.3 Å². The molecule has 21 heavy (non-hydrogen) atoms. The SMILES string of the molecule is COc1cccc(C(O)C2CCOC3(CCOCC3)C2)c1. The van der Waals surface area contributed by atoms with Crippen molar-refractivity contribution in [2.24, 2.45) is 5.92 Å². The van der Waals surface area contributed by atoms with Crippen LogP contribution in [0, 0.1) is 5.92 Å². The van der Waals surface area contributed by atoms with E-state index in [2.05, 4.69) is 0 Å². The Balaban J connectivity index is 1.72. The normalized spacial score (nSPS) is 26.5. The summed E-state index contributed by atoms with van der Waals surface area (Å²) in [6.45, 7) is 2.26. The molecule has 1 N–H and O–H groups in total. The minimum atomic E-state index is -0.455. The maximum atomic E-state index is 10.7. The molecule has 1 aromatic carbocycles. The van der Waals surface area contributed by atoms with E-state index in [4.69, 9.17) is 14.2 Å². The first kappa shape index (κ1) is 14.8. The Hall–Kier alpha value is -1.10. The van der Waals surface area contributed by atoms with E-state index >= 15 is 0 Å². The molecule has 1 aromatic rings. The highest BCUT2D eigenvalue weighted by molar-refractivity contribution is 5.30. The molecule has 2 atom stereocenters. The number of methoxy groups -OCH3 is 1. The predicted octanol–water partition coefficient (Wildman–Crippen LogP) is 2.70. The fourth-order valence-electron chi connectivity index (χ4n) is 3.52. The van der Waals surface area contributed by atoms with E-state index in [1.807, 2.05) is 24.3 Å². The smallest absolute Gasteiger partial charge is 0.119 e. The average Bonchev–Trinajstić information content (AvgIpc) is 2.55. The minimum absolute atomic E-state index is 0.0823. The van der Waals surface area contributed by atoms with E-state index in [0.717, 1.165) is 56.8 Å². The highest BCUT2D eigenvalue weighted by atomic mass is 16.5. The fourth-order valence-corrected chi connectivity index (χ4v) is 3.52. The van der Waals surface area contributed by atoms with Crippen molar-refractivity contribution in [3.63, 3.8) is 0 Å². The maximum absolute atomic E-state index is 10.7. The molecule has 2 aliphatic heterocycles. The van der Waals surface area contributed by atoms with Crippen molar-refractivity contribution >= 4 is 0 Å². The predicted molar refractivity (Wildman–Crippen MR) is 79.4 cm³/mol. The summed E-state index contributed by atoms with van der Waals surface area (Å²) in [6, 6.07) is 7.73. The molecule has 1 spiro atoms. The average molecular weight is 292 g/mol. The van der Waals surface area contributed by atoms with Crippen molar-refractivity contribution in [2.75, 3.05) is 26.9 Å². The highest BCUT2D eigenvalue weighted by Gasteiger charge is 2.41. The fraction of sp³-hybridized carbons (Fsp3) is 0.647. The van der Waals surface area contributed by atoms with Crippen LogP contribution >= 0.6 is 0 Å². The van der Waals surface area contributed by atoms with Gasteiger partial charge in [0.05, 0.1) is 18.8 Å². The van der Waals surface area contributed by atoms with Crippen molar-refractivity contribution in [1.29, 1.82) is 0 Å².